The summed E-state index contributed by atoms with van der Waals surface area (Å²) in [6, 6.07) is 0. The van der Waals surface area contributed by atoms with E-state index in [4.69, 9.17) is 15.6 Å². The van der Waals surface area contributed by atoms with Crippen LogP contribution >= 0.6 is 15.9 Å². The molecule has 4 N–H and O–H groups in total. The van der Waals surface area contributed by atoms with Crippen LogP contribution in [-0.4, -0.2) is 48.5 Å². The van der Waals surface area contributed by atoms with Crippen LogP contribution in [0.4, 0.5) is 5.82 Å². The van der Waals surface area contributed by atoms with Crippen molar-refractivity contribution in [1.82, 2.24) is 19.5 Å². The van der Waals surface area contributed by atoms with Gasteiger partial charge < -0.3 is 20.7 Å². The predicted molar refractivity (Wildman–Crippen MR) is 64.4 cm³/mol. The summed E-state index contributed by atoms with van der Waals surface area (Å²) in [7, 11) is 0. The van der Waals surface area contributed by atoms with Crippen LogP contribution in [0, 0.1) is 0 Å². The minimum absolute atomic E-state index is 0.231. The number of aliphatic hydroxyl groups is 2. The maximum atomic E-state index is 9.82. The van der Waals surface area contributed by atoms with Gasteiger partial charge in [0.1, 0.15) is 17.7 Å². The van der Waals surface area contributed by atoms with Crippen molar-refractivity contribution in [3.63, 3.8) is 0 Å². The maximum absolute atomic E-state index is 9.82. The van der Waals surface area contributed by atoms with Crippen molar-refractivity contribution >= 4 is 32.9 Å². The average molecular weight is 316 g/mol. The number of fused-ring (bicyclic) bond motifs is 1. The van der Waals surface area contributed by atoms with Gasteiger partial charge in [0.05, 0.1) is 12.9 Å². The number of aromatic nitrogens is 4. The molecule has 2 aromatic heterocycles. The van der Waals surface area contributed by atoms with Gasteiger partial charge in [0, 0.05) is 0 Å². The molecule has 0 unspecified atom stereocenters. The minimum Gasteiger partial charge on any atom is -0.394 e. The summed E-state index contributed by atoms with van der Waals surface area (Å²) in [4.78, 5) is 12.2. The predicted octanol–water partition coefficient (Wildman–Crippen LogP) is -0.578. The summed E-state index contributed by atoms with van der Waals surface area (Å²) >= 11 is 3.15. The van der Waals surface area contributed by atoms with Crippen LogP contribution in [0.2, 0.25) is 0 Å². The third-order valence-corrected chi connectivity index (χ3v) is 3.22. The van der Waals surface area contributed by atoms with Gasteiger partial charge in [0.25, 0.3) is 0 Å². The van der Waals surface area contributed by atoms with Crippen molar-refractivity contribution < 1.29 is 14.9 Å². The minimum atomic E-state index is -0.803. The number of aliphatic hydroxyl groups excluding tert-OH is 2. The summed E-state index contributed by atoms with van der Waals surface area (Å²) in [5.74, 6) is 0.248. The van der Waals surface area contributed by atoms with E-state index in [0.717, 1.165) is 0 Å². The Labute approximate surface area is 110 Å². The molecule has 96 valence electrons. The van der Waals surface area contributed by atoms with Gasteiger partial charge in [-0.2, -0.15) is 0 Å². The fourth-order valence-electron chi connectivity index (χ4n) is 1.91. The maximum Gasteiger partial charge on any atom is 0.200 e. The molecule has 0 amide bonds. The van der Waals surface area contributed by atoms with Gasteiger partial charge in [-0.25, -0.2) is 15.0 Å². The van der Waals surface area contributed by atoms with Gasteiger partial charge in [-0.3, -0.25) is 4.57 Å². The third kappa shape index (κ3) is 1.59. The second-order valence-electron chi connectivity index (χ2n) is 3.94. The second kappa shape index (κ2) is 4.12. The standard InChI is InChI=1S/C9H10BrN5O3/c10-9-13-6(11)4-7(14-9)15(2-12-4)8-5(17)3(1-16)18-8/h2-3,5,8,16-17H,1H2,(H2,11,13,14)/t3-,5-,8-/m1/s1. The molecule has 2 aromatic rings. The Kier molecular flexibility index (Phi) is 2.70. The van der Waals surface area contributed by atoms with Crippen molar-refractivity contribution in [2.24, 2.45) is 0 Å². The number of ether oxygens (including phenoxy) is 1. The van der Waals surface area contributed by atoms with E-state index in [0.29, 0.717) is 15.9 Å². The molecule has 0 saturated carbocycles. The largest absolute Gasteiger partial charge is 0.394 e. The molecular weight excluding hydrogens is 306 g/mol. The Morgan fingerprint density at radius 3 is 2.94 bits per heavy atom. The molecule has 3 rings (SSSR count). The van der Waals surface area contributed by atoms with Crippen molar-refractivity contribution in [1.29, 1.82) is 0 Å². The molecule has 1 aliphatic heterocycles. The second-order valence-corrected chi connectivity index (χ2v) is 4.65. The fourth-order valence-corrected chi connectivity index (χ4v) is 2.27. The number of nitrogens with zero attached hydrogens (tertiary/aromatic N) is 4. The molecule has 0 aromatic carbocycles. The number of hydrogen-bond donors (Lipinski definition) is 3. The van der Waals surface area contributed by atoms with Crippen molar-refractivity contribution in [3.05, 3.63) is 11.1 Å². The van der Waals surface area contributed by atoms with Crippen LogP contribution in [0.3, 0.4) is 0 Å². The van der Waals surface area contributed by atoms with Gasteiger partial charge in [-0.15, -0.1) is 0 Å². The highest BCUT2D eigenvalue weighted by atomic mass is 79.9. The monoisotopic (exact) mass is 315 g/mol. The van der Waals surface area contributed by atoms with Crippen LogP contribution in [-0.2, 0) is 4.74 Å². The molecule has 9 heteroatoms. The van der Waals surface area contributed by atoms with Crippen LogP contribution in [0.1, 0.15) is 6.23 Å². The highest BCUT2D eigenvalue weighted by Crippen LogP contribution is 2.33. The Bertz CT molecular complexity index is 603. The summed E-state index contributed by atoms with van der Waals surface area (Å²) in [5, 5.41) is 18.7. The quantitative estimate of drug-likeness (QED) is 0.634. The molecular formula is C9H10BrN5O3. The molecule has 3 atom stereocenters. The number of nitrogens with two attached hydrogens (primary N) is 1. The first-order valence-corrected chi connectivity index (χ1v) is 6.01. The van der Waals surface area contributed by atoms with E-state index in [9.17, 15) is 5.11 Å². The van der Waals surface area contributed by atoms with Gasteiger partial charge >= 0.3 is 0 Å². The summed E-state index contributed by atoms with van der Waals surface area (Å²) in [6.45, 7) is -0.231. The first-order valence-electron chi connectivity index (χ1n) is 5.21. The van der Waals surface area contributed by atoms with Gasteiger partial charge in [0.15, 0.2) is 17.7 Å². The smallest absolute Gasteiger partial charge is 0.200 e. The Hall–Kier alpha value is -1.29. The molecule has 1 fully saturated rings. The van der Waals surface area contributed by atoms with Crippen LogP contribution in [0.15, 0.2) is 11.1 Å². The number of imidazole rings is 1. The molecule has 0 spiro atoms. The molecule has 3 heterocycles. The number of anilines is 1. The Morgan fingerprint density at radius 1 is 1.50 bits per heavy atom. The summed E-state index contributed by atoms with van der Waals surface area (Å²) < 4.78 is 7.24. The van der Waals surface area contributed by atoms with E-state index < -0.39 is 18.4 Å². The van der Waals surface area contributed by atoms with E-state index in [1.54, 1.807) is 4.57 Å². The van der Waals surface area contributed by atoms with E-state index in [1.165, 1.54) is 6.33 Å². The zero-order chi connectivity index (χ0) is 12.9. The third-order valence-electron chi connectivity index (χ3n) is 2.86. The molecule has 1 saturated heterocycles. The Morgan fingerprint density at radius 2 is 2.28 bits per heavy atom. The lowest BCUT2D eigenvalue weighted by Crippen LogP contribution is -2.52. The molecule has 18 heavy (non-hydrogen) atoms. The highest BCUT2D eigenvalue weighted by Gasteiger charge is 2.42. The molecule has 1 aliphatic rings. The van der Waals surface area contributed by atoms with E-state index >= 15 is 0 Å². The van der Waals surface area contributed by atoms with Crippen LogP contribution in [0.5, 0.6) is 0 Å². The highest BCUT2D eigenvalue weighted by molar-refractivity contribution is 9.10. The van der Waals surface area contributed by atoms with Crippen molar-refractivity contribution in [2.45, 2.75) is 18.4 Å². The van der Waals surface area contributed by atoms with Crippen molar-refractivity contribution in [2.75, 3.05) is 12.3 Å². The van der Waals surface area contributed by atoms with Gasteiger partial charge in [0.2, 0.25) is 4.73 Å². The lowest BCUT2D eigenvalue weighted by atomic mass is 10.1. The van der Waals surface area contributed by atoms with Crippen LogP contribution in [0.25, 0.3) is 11.2 Å². The zero-order valence-electron chi connectivity index (χ0n) is 9.06. The topological polar surface area (TPSA) is 119 Å². The first-order chi connectivity index (χ1) is 8.61. The fraction of sp³-hybridized carbons (Fsp3) is 0.444. The SMILES string of the molecule is Nc1nc(Br)nc2c1ncn2[C@@H]1O[C@H](CO)[C@H]1O. The molecule has 8 nitrogen and oxygen atoms in total. The van der Waals surface area contributed by atoms with Gasteiger partial charge in [-0.1, -0.05) is 0 Å². The van der Waals surface area contributed by atoms with E-state index in [2.05, 4.69) is 30.9 Å². The van der Waals surface area contributed by atoms with Gasteiger partial charge in [-0.05, 0) is 15.9 Å². The summed E-state index contributed by atoms with van der Waals surface area (Å²) in [6.07, 6.45) is -0.519. The molecule has 0 aliphatic carbocycles. The lowest BCUT2D eigenvalue weighted by molar-refractivity contribution is -0.264. The van der Waals surface area contributed by atoms with Crippen molar-refractivity contribution in [3.8, 4) is 0 Å². The first kappa shape index (κ1) is 11.8. The average Bonchev–Trinajstić information content (AvgIpc) is 2.72. The number of nitrogen functional groups attached to an aromatic ring is 1. The normalized spacial score (nSPS) is 27.4. The number of halogens is 1. The molecule has 0 bridgehead atoms. The van der Waals surface area contributed by atoms with E-state index in [1.807, 2.05) is 0 Å². The summed E-state index contributed by atoms with van der Waals surface area (Å²) in [5.41, 5.74) is 6.63. The lowest BCUT2D eigenvalue weighted by Gasteiger charge is -2.40. The number of rotatable bonds is 2. The Balaban J connectivity index is 2.04. The van der Waals surface area contributed by atoms with E-state index in [-0.39, 0.29) is 12.4 Å². The zero-order valence-corrected chi connectivity index (χ0v) is 10.6. The number of hydrogen-bond acceptors (Lipinski definition) is 7. The van der Waals surface area contributed by atoms with Crippen LogP contribution < -0.4 is 5.73 Å². The molecule has 0 radical (unpaired) electrons.